The Balaban J connectivity index is 1.55. The molecule has 2 saturated heterocycles. The first-order valence-corrected chi connectivity index (χ1v) is 7.36. The molecule has 0 aromatic heterocycles. The van der Waals surface area contributed by atoms with Gasteiger partial charge in [-0.05, 0) is 25.7 Å². The minimum absolute atomic E-state index is 1.19. The Bertz CT molecular complexity index is 270. The van der Waals surface area contributed by atoms with Gasteiger partial charge in [0.15, 0.2) is 0 Å². The van der Waals surface area contributed by atoms with E-state index in [-0.39, 0.29) is 0 Å². The first-order valence-electron chi connectivity index (χ1n) is 7.36. The van der Waals surface area contributed by atoms with Crippen molar-refractivity contribution < 1.29 is 0 Å². The Kier molecular flexibility index (Phi) is 3.86. The lowest BCUT2D eigenvalue weighted by molar-refractivity contribution is 0.0117. The van der Waals surface area contributed by atoms with Crippen molar-refractivity contribution in [1.29, 1.82) is 0 Å². The quantitative estimate of drug-likeness (QED) is 0.743. The molecule has 0 aromatic rings. The average molecular weight is 248 g/mol. The molecule has 0 aromatic carbocycles. The second-order valence-corrected chi connectivity index (χ2v) is 5.38. The Morgan fingerprint density at radius 3 is 1.11 bits per heavy atom. The molecule has 0 amide bonds. The van der Waals surface area contributed by atoms with E-state index in [9.17, 15) is 0 Å². The van der Waals surface area contributed by atoms with E-state index in [0.29, 0.717) is 0 Å². The van der Waals surface area contributed by atoms with Gasteiger partial charge in [-0.15, -0.1) is 0 Å². The van der Waals surface area contributed by atoms with Crippen LogP contribution in [0.4, 0.5) is 0 Å². The molecule has 0 atom stereocenters. The summed E-state index contributed by atoms with van der Waals surface area (Å²) in [4.78, 5) is 0. The Morgan fingerprint density at radius 2 is 0.778 bits per heavy atom. The Labute approximate surface area is 110 Å². The molecule has 2 fully saturated rings. The van der Waals surface area contributed by atoms with E-state index in [4.69, 9.17) is 0 Å². The molecule has 0 N–H and O–H groups in total. The van der Waals surface area contributed by atoms with Gasteiger partial charge >= 0.3 is 0 Å². The van der Waals surface area contributed by atoms with Gasteiger partial charge in [0.2, 0.25) is 0 Å². The molecule has 0 spiro atoms. The minimum atomic E-state index is 1.19. The standard InChI is InChI=1S/C14H24N4/c1-3-7-15(8-4-1)17-11-13-18(14-12-17)16-9-5-2-6-10-16/h11-14H,1-10H2. The van der Waals surface area contributed by atoms with Gasteiger partial charge in [0.05, 0.1) is 0 Å². The highest BCUT2D eigenvalue weighted by atomic mass is 15.7. The van der Waals surface area contributed by atoms with Gasteiger partial charge in [0.25, 0.3) is 0 Å². The molecule has 0 unspecified atom stereocenters. The molecule has 0 bridgehead atoms. The van der Waals surface area contributed by atoms with Gasteiger partial charge in [-0.25, -0.2) is 10.0 Å². The molecule has 0 saturated carbocycles. The molecule has 3 rings (SSSR count). The van der Waals surface area contributed by atoms with Gasteiger partial charge in [-0.1, -0.05) is 12.8 Å². The van der Waals surface area contributed by atoms with Crippen molar-refractivity contribution in [1.82, 2.24) is 20.0 Å². The summed E-state index contributed by atoms with van der Waals surface area (Å²) < 4.78 is 0. The smallest absolute Gasteiger partial charge is 0.0390 e. The summed E-state index contributed by atoms with van der Waals surface area (Å²) in [6.45, 7) is 4.77. The highest BCUT2D eigenvalue weighted by Crippen LogP contribution is 2.18. The van der Waals surface area contributed by atoms with Crippen molar-refractivity contribution in [2.24, 2.45) is 0 Å². The van der Waals surface area contributed by atoms with E-state index < -0.39 is 0 Å². The van der Waals surface area contributed by atoms with E-state index in [0.717, 1.165) is 0 Å². The van der Waals surface area contributed by atoms with Crippen molar-refractivity contribution in [3.05, 3.63) is 24.8 Å². The van der Waals surface area contributed by atoms with Gasteiger partial charge < -0.3 is 0 Å². The fourth-order valence-electron chi connectivity index (χ4n) is 2.97. The summed E-state index contributed by atoms with van der Waals surface area (Å²) in [5.74, 6) is 0. The predicted octanol–water partition coefficient (Wildman–Crippen LogP) is 2.35. The van der Waals surface area contributed by atoms with Crippen LogP contribution in [-0.2, 0) is 0 Å². The summed E-state index contributed by atoms with van der Waals surface area (Å²) in [7, 11) is 0. The lowest BCUT2D eigenvalue weighted by Crippen LogP contribution is -2.44. The molecule has 3 heterocycles. The van der Waals surface area contributed by atoms with Crippen molar-refractivity contribution in [2.75, 3.05) is 26.2 Å². The third-order valence-corrected chi connectivity index (χ3v) is 4.06. The summed E-state index contributed by atoms with van der Waals surface area (Å²) in [5, 5.41) is 9.37. The van der Waals surface area contributed by atoms with Crippen LogP contribution in [0.3, 0.4) is 0 Å². The minimum Gasteiger partial charge on any atom is -0.286 e. The first kappa shape index (κ1) is 12.1. The van der Waals surface area contributed by atoms with Crippen LogP contribution in [0.1, 0.15) is 38.5 Å². The molecule has 18 heavy (non-hydrogen) atoms. The lowest BCUT2D eigenvalue weighted by Gasteiger charge is -2.40. The van der Waals surface area contributed by atoms with Gasteiger partial charge in [-0.3, -0.25) is 10.0 Å². The fraction of sp³-hybridized carbons (Fsp3) is 0.714. The van der Waals surface area contributed by atoms with Crippen LogP contribution in [0, 0.1) is 0 Å². The van der Waals surface area contributed by atoms with Crippen LogP contribution in [0.5, 0.6) is 0 Å². The highest BCUT2D eigenvalue weighted by molar-refractivity contribution is 4.99. The zero-order valence-electron chi connectivity index (χ0n) is 11.2. The molecular weight excluding hydrogens is 224 g/mol. The summed E-state index contributed by atoms with van der Waals surface area (Å²) in [6, 6.07) is 0. The van der Waals surface area contributed by atoms with E-state index in [2.05, 4.69) is 44.8 Å². The second-order valence-electron chi connectivity index (χ2n) is 5.38. The molecular formula is C14H24N4. The zero-order chi connectivity index (χ0) is 12.2. The molecule has 0 radical (unpaired) electrons. The molecule has 3 aliphatic heterocycles. The molecule has 3 aliphatic rings. The number of hydrazine groups is 2. The zero-order valence-corrected chi connectivity index (χ0v) is 11.2. The summed E-state index contributed by atoms with van der Waals surface area (Å²) in [5.41, 5.74) is 0. The van der Waals surface area contributed by atoms with Gasteiger partial charge in [0, 0.05) is 51.0 Å². The van der Waals surface area contributed by atoms with Crippen LogP contribution in [0.15, 0.2) is 24.8 Å². The van der Waals surface area contributed by atoms with E-state index in [1.165, 1.54) is 64.7 Å². The SMILES string of the molecule is C1=CN(N2CCCCC2)C=CN1N1CCCCC1. The van der Waals surface area contributed by atoms with E-state index >= 15 is 0 Å². The number of hydrogen-bond donors (Lipinski definition) is 0. The largest absolute Gasteiger partial charge is 0.286 e. The van der Waals surface area contributed by atoms with Crippen molar-refractivity contribution in [2.45, 2.75) is 38.5 Å². The van der Waals surface area contributed by atoms with Crippen LogP contribution < -0.4 is 0 Å². The maximum Gasteiger partial charge on any atom is 0.0390 e. The van der Waals surface area contributed by atoms with Crippen molar-refractivity contribution in [3.63, 3.8) is 0 Å². The maximum absolute atomic E-state index is 2.43. The average Bonchev–Trinajstić information content (AvgIpc) is 2.49. The van der Waals surface area contributed by atoms with Crippen LogP contribution in [0.2, 0.25) is 0 Å². The summed E-state index contributed by atoms with van der Waals surface area (Å²) >= 11 is 0. The van der Waals surface area contributed by atoms with Crippen LogP contribution in [-0.4, -0.2) is 46.2 Å². The second kappa shape index (κ2) is 5.76. The third kappa shape index (κ3) is 2.70. The maximum atomic E-state index is 2.43. The Morgan fingerprint density at radius 1 is 0.444 bits per heavy atom. The number of nitrogens with zero attached hydrogens (tertiary/aromatic N) is 4. The topological polar surface area (TPSA) is 13.0 Å². The third-order valence-electron chi connectivity index (χ3n) is 4.06. The van der Waals surface area contributed by atoms with Crippen LogP contribution >= 0.6 is 0 Å². The monoisotopic (exact) mass is 248 g/mol. The highest BCUT2D eigenvalue weighted by Gasteiger charge is 2.19. The molecule has 0 aliphatic carbocycles. The van der Waals surface area contributed by atoms with Crippen molar-refractivity contribution >= 4 is 0 Å². The van der Waals surface area contributed by atoms with Crippen LogP contribution in [0.25, 0.3) is 0 Å². The summed E-state index contributed by atoms with van der Waals surface area (Å²) in [6.07, 6.45) is 16.9. The number of piperidine rings is 2. The lowest BCUT2D eigenvalue weighted by atomic mass is 10.2. The van der Waals surface area contributed by atoms with Gasteiger partial charge in [-0.2, -0.15) is 0 Å². The number of hydrogen-bond acceptors (Lipinski definition) is 4. The molecule has 100 valence electrons. The van der Waals surface area contributed by atoms with Gasteiger partial charge in [0.1, 0.15) is 0 Å². The normalized spacial score (nSPS) is 26.9. The van der Waals surface area contributed by atoms with E-state index in [1.807, 2.05) is 0 Å². The van der Waals surface area contributed by atoms with Crippen molar-refractivity contribution in [3.8, 4) is 0 Å². The fourth-order valence-corrected chi connectivity index (χ4v) is 2.97. The number of rotatable bonds is 2. The Hall–Kier alpha value is -1.00. The molecule has 4 nitrogen and oxygen atoms in total. The predicted molar refractivity (Wildman–Crippen MR) is 72.8 cm³/mol. The van der Waals surface area contributed by atoms with E-state index in [1.54, 1.807) is 0 Å². The first-order chi connectivity index (χ1) is 8.93. The molecule has 4 heteroatoms.